The maximum absolute atomic E-state index is 12.9. The first kappa shape index (κ1) is 18.3. The van der Waals surface area contributed by atoms with Crippen LogP contribution in [0.25, 0.3) is 0 Å². The number of nitrogens with one attached hydrogen (secondary N) is 2. The van der Waals surface area contributed by atoms with Gasteiger partial charge in [0.05, 0.1) is 11.5 Å². The van der Waals surface area contributed by atoms with E-state index in [-0.39, 0.29) is 17.0 Å². The van der Waals surface area contributed by atoms with Gasteiger partial charge in [-0.15, -0.1) is 0 Å². The fraction of sp³-hybridized carbons (Fsp3) is 0.278. The lowest BCUT2D eigenvalue weighted by Gasteiger charge is -2.21. The number of rotatable bonds is 5. The van der Waals surface area contributed by atoms with E-state index >= 15 is 0 Å². The van der Waals surface area contributed by atoms with Crippen LogP contribution in [-0.2, 0) is 10.3 Å². The summed E-state index contributed by atoms with van der Waals surface area (Å²) in [5.41, 5.74) is 0.479. The summed E-state index contributed by atoms with van der Waals surface area (Å²) in [5.74, 6) is -1.00. The van der Waals surface area contributed by atoms with Crippen molar-refractivity contribution in [2.45, 2.75) is 26.3 Å². The van der Waals surface area contributed by atoms with E-state index in [0.29, 0.717) is 11.3 Å². The number of aromatic nitrogens is 1. The predicted molar refractivity (Wildman–Crippen MR) is 95.3 cm³/mol. The first-order valence-corrected chi connectivity index (χ1v) is 8.22. The van der Waals surface area contributed by atoms with Crippen LogP contribution in [0.4, 0.5) is 10.5 Å². The van der Waals surface area contributed by atoms with Gasteiger partial charge in [-0.3, -0.25) is 24.6 Å². The Morgan fingerprint density at radius 3 is 2.56 bits per heavy atom. The van der Waals surface area contributed by atoms with E-state index in [4.69, 9.17) is 0 Å². The summed E-state index contributed by atoms with van der Waals surface area (Å²) in [4.78, 5) is 52.0. The van der Waals surface area contributed by atoms with Crippen molar-refractivity contribution in [1.82, 2.24) is 15.2 Å². The predicted octanol–water partition coefficient (Wildman–Crippen LogP) is 2.19. The third-order valence-corrected chi connectivity index (χ3v) is 4.66. The van der Waals surface area contributed by atoms with Crippen LogP contribution in [0.3, 0.4) is 0 Å². The van der Waals surface area contributed by atoms with E-state index in [1.165, 1.54) is 31.2 Å². The molecule has 27 heavy (non-hydrogen) atoms. The largest absolute Gasteiger partial charge is 0.362 e. The van der Waals surface area contributed by atoms with Gasteiger partial charge in [0.2, 0.25) is 0 Å². The van der Waals surface area contributed by atoms with Crippen LogP contribution in [0.2, 0.25) is 0 Å². The molecule has 1 saturated heterocycles. The second kappa shape index (κ2) is 6.35. The minimum absolute atomic E-state index is 0.191. The van der Waals surface area contributed by atoms with E-state index in [1.807, 2.05) is 0 Å². The number of benzene rings is 1. The van der Waals surface area contributed by atoms with Crippen molar-refractivity contribution in [3.63, 3.8) is 0 Å². The number of ketones is 1. The summed E-state index contributed by atoms with van der Waals surface area (Å²) in [6.07, 6.45) is 0. The third-order valence-electron chi connectivity index (χ3n) is 4.66. The van der Waals surface area contributed by atoms with Gasteiger partial charge in [-0.05, 0) is 32.4 Å². The van der Waals surface area contributed by atoms with Gasteiger partial charge in [-0.1, -0.05) is 12.1 Å². The summed E-state index contributed by atoms with van der Waals surface area (Å²) >= 11 is 0. The Labute approximate surface area is 154 Å². The van der Waals surface area contributed by atoms with Gasteiger partial charge in [0.1, 0.15) is 5.54 Å². The van der Waals surface area contributed by atoms with Crippen molar-refractivity contribution in [3.05, 3.63) is 63.0 Å². The number of aromatic amines is 1. The van der Waals surface area contributed by atoms with Crippen molar-refractivity contribution < 1.29 is 19.3 Å². The number of carbonyl (C=O) groups excluding carboxylic acids is 3. The number of nitro groups is 1. The molecule has 0 saturated carbocycles. The van der Waals surface area contributed by atoms with Crippen LogP contribution in [-0.4, -0.2) is 39.1 Å². The summed E-state index contributed by atoms with van der Waals surface area (Å²) in [6, 6.07) is 6.45. The molecule has 1 fully saturated rings. The highest BCUT2D eigenvalue weighted by Gasteiger charge is 2.49. The number of nitro benzene ring substituents is 1. The number of nitrogens with zero attached hydrogens (tertiary/aromatic N) is 2. The molecule has 0 spiro atoms. The smallest absolute Gasteiger partial charge is 0.325 e. The minimum atomic E-state index is -1.48. The Morgan fingerprint density at radius 1 is 1.26 bits per heavy atom. The van der Waals surface area contributed by atoms with Crippen LogP contribution < -0.4 is 5.32 Å². The Balaban J connectivity index is 1.88. The van der Waals surface area contributed by atoms with Gasteiger partial charge in [0, 0.05) is 29.1 Å². The second-order valence-electron chi connectivity index (χ2n) is 6.67. The molecule has 140 valence electrons. The Bertz CT molecular complexity index is 980. The van der Waals surface area contributed by atoms with Crippen molar-refractivity contribution >= 4 is 23.4 Å². The SMILES string of the molecule is Cc1cc(C(=O)CN2C(=O)NC(C)(c3cccc([N+](=O)[O-])c3)C2=O)c(C)[nH]1. The quantitative estimate of drug-likeness (QED) is 0.361. The van der Waals surface area contributed by atoms with Crippen LogP contribution in [0.5, 0.6) is 0 Å². The maximum atomic E-state index is 12.9. The molecule has 1 aromatic heterocycles. The van der Waals surface area contributed by atoms with Crippen molar-refractivity contribution in [1.29, 1.82) is 0 Å². The summed E-state index contributed by atoms with van der Waals surface area (Å²) in [5, 5.41) is 13.5. The molecule has 2 heterocycles. The number of H-pyrrole nitrogens is 1. The molecule has 9 nitrogen and oxygen atoms in total. The molecule has 0 radical (unpaired) electrons. The van der Waals surface area contributed by atoms with Crippen molar-refractivity contribution in [3.8, 4) is 0 Å². The van der Waals surface area contributed by atoms with E-state index in [0.717, 1.165) is 10.6 Å². The minimum Gasteiger partial charge on any atom is -0.362 e. The summed E-state index contributed by atoms with van der Waals surface area (Å²) < 4.78 is 0. The highest BCUT2D eigenvalue weighted by Crippen LogP contribution is 2.31. The Kier molecular flexibility index (Phi) is 4.30. The molecule has 0 aliphatic carbocycles. The molecule has 9 heteroatoms. The zero-order valence-electron chi connectivity index (χ0n) is 15.0. The molecule has 1 aliphatic heterocycles. The molecule has 1 unspecified atom stereocenters. The Morgan fingerprint density at radius 2 is 1.96 bits per heavy atom. The van der Waals surface area contributed by atoms with Gasteiger partial charge in [-0.25, -0.2) is 4.79 Å². The first-order chi connectivity index (χ1) is 12.6. The number of carbonyl (C=O) groups is 3. The molecule has 2 N–H and O–H groups in total. The van der Waals surface area contributed by atoms with E-state index < -0.39 is 28.9 Å². The van der Waals surface area contributed by atoms with Gasteiger partial charge in [0.25, 0.3) is 11.6 Å². The maximum Gasteiger partial charge on any atom is 0.325 e. The zero-order chi connectivity index (χ0) is 19.9. The first-order valence-electron chi connectivity index (χ1n) is 8.22. The van der Waals surface area contributed by atoms with Crippen LogP contribution in [0, 0.1) is 24.0 Å². The molecule has 2 aromatic rings. The molecular formula is C18H18N4O5. The molecule has 1 atom stereocenters. The molecule has 1 aliphatic rings. The van der Waals surface area contributed by atoms with Gasteiger partial charge in [0.15, 0.2) is 5.78 Å². The number of Topliss-reactive ketones (excluding diaryl/α,β-unsaturated/α-hetero) is 1. The fourth-order valence-corrected chi connectivity index (χ4v) is 3.21. The number of hydrogen-bond acceptors (Lipinski definition) is 5. The Hall–Kier alpha value is -3.49. The monoisotopic (exact) mass is 370 g/mol. The van der Waals surface area contributed by atoms with Crippen LogP contribution in [0.1, 0.15) is 34.2 Å². The molecular weight excluding hydrogens is 352 g/mol. The second-order valence-corrected chi connectivity index (χ2v) is 6.67. The van der Waals surface area contributed by atoms with Crippen LogP contribution in [0.15, 0.2) is 30.3 Å². The van der Waals surface area contributed by atoms with Crippen LogP contribution >= 0.6 is 0 Å². The van der Waals surface area contributed by atoms with Crippen molar-refractivity contribution in [2.75, 3.05) is 6.54 Å². The highest BCUT2D eigenvalue weighted by molar-refractivity contribution is 6.11. The molecule has 0 bridgehead atoms. The molecule has 1 aromatic carbocycles. The number of non-ortho nitro benzene ring substituents is 1. The lowest BCUT2D eigenvalue weighted by atomic mass is 9.91. The average Bonchev–Trinajstić information content (AvgIpc) is 3.06. The number of imide groups is 1. The van der Waals surface area contributed by atoms with E-state index in [1.54, 1.807) is 19.9 Å². The van der Waals surface area contributed by atoms with E-state index in [2.05, 4.69) is 10.3 Å². The highest BCUT2D eigenvalue weighted by atomic mass is 16.6. The molecule has 3 rings (SSSR count). The third kappa shape index (κ3) is 3.07. The van der Waals surface area contributed by atoms with Gasteiger partial charge >= 0.3 is 6.03 Å². The lowest BCUT2D eigenvalue weighted by Crippen LogP contribution is -2.41. The summed E-state index contributed by atoms with van der Waals surface area (Å²) in [7, 11) is 0. The average molecular weight is 370 g/mol. The number of aryl methyl sites for hydroxylation is 2. The lowest BCUT2D eigenvalue weighted by molar-refractivity contribution is -0.385. The van der Waals surface area contributed by atoms with Crippen molar-refractivity contribution in [2.24, 2.45) is 0 Å². The number of hydrogen-bond donors (Lipinski definition) is 2. The normalized spacial score (nSPS) is 19.3. The topological polar surface area (TPSA) is 125 Å². The number of amides is 3. The summed E-state index contributed by atoms with van der Waals surface area (Å²) in [6.45, 7) is 4.59. The number of urea groups is 1. The van der Waals surface area contributed by atoms with Gasteiger partial charge < -0.3 is 10.3 Å². The molecule has 3 amide bonds. The van der Waals surface area contributed by atoms with E-state index in [9.17, 15) is 24.5 Å². The standard InChI is InChI=1S/C18H18N4O5/c1-10-7-14(11(2)19-10)15(23)9-21-16(24)18(3,20-17(21)25)12-5-4-6-13(8-12)22(26)27/h4-8,19H,9H2,1-3H3,(H,20,25). The van der Waals surface area contributed by atoms with Gasteiger partial charge in [-0.2, -0.15) is 0 Å². The fourth-order valence-electron chi connectivity index (χ4n) is 3.21. The zero-order valence-corrected chi connectivity index (χ0v) is 15.0.